The number of ether oxygens (including phenoxy) is 1. The number of halogens is 1. The smallest absolute Gasteiger partial charge is 0.245 e. The van der Waals surface area contributed by atoms with Gasteiger partial charge in [-0.15, -0.1) is 0 Å². The van der Waals surface area contributed by atoms with Crippen LogP contribution < -0.4 is 5.32 Å². The van der Waals surface area contributed by atoms with Gasteiger partial charge in [-0.05, 0) is 25.5 Å². The van der Waals surface area contributed by atoms with E-state index in [4.69, 9.17) is 10.00 Å². The fourth-order valence-electron chi connectivity index (χ4n) is 1.77. The fraction of sp³-hybridized carbons (Fsp3) is 0.400. The van der Waals surface area contributed by atoms with Gasteiger partial charge in [0.2, 0.25) is 5.91 Å². The highest BCUT2D eigenvalue weighted by molar-refractivity contribution is 6.12. The van der Waals surface area contributed by atoms with E-state index >= 15 is 0 Å². The maximum atomic E-state index is 13.5. The van der Waals surface area contributed by atoms with Crippen molar-refractivity contribution < 1.29 is 18.7 Å². The number of amides is 1. The third-order valence-electron chi connectivity index (χ3n) is 2.92. The summed E-state index contributed by atoms with van der Waals surface area (Å²) in [6.45, 7) is 3.51. The number of hydrogen-bond acceptors (Lipinski definition) is 4. The van der Waals surface area contributed by atoms with Gasteiger partial charge >= 0.3 is 0 Å². The number of nitriles is 1. The molecule has 0 heterocycles. The van der Waals surface area contributed by atoms with Crippen molar-refractivity contribution in [2.24, 2.45) is 5.92 Å². The number of rotatable bonds is 6. The molecule has 0 bridgehead atoms. The van der Waals surface area contributed by atoms with Crippen molar-refractivity contribution in [1.82, 2.24) is 5.32 Å². The van der Waals surface area contributed by atoms with E-state index in [-0.39, 0.29) is 18.2 Å². The summed E-state index contributed by atoms with van der Waals surface area (Å²) in [6.07, 6.45) is 0. The zero-order valence-electron chi connectivity index (χ0n) is 12.1. The molecule has 0 saturated carbocycles. The van der Waals surface area contributed by atoms with E-state index in [0.717, 1.165) is 6.07 Å². The first-order valence-corrected chi connectivity index (χ1v) is 6.40. The van der Waals surface area contributed by atoms with Gasteiger partial charge in [-0.25, -0.2) is 4.39 Å². The SMILES string of the molecule is COC[C@H](C)NC(=O)[C@@H](C#N)C(=O)c1ccc(C)c(F)c1. The molecule has 1 aromatic rings. The zero-order chi connectivity index (χ0) is 16.0. The molecular formula is C15H17FN2O3. The second-order valence-corrected chi connectivity index (χ2v) is 4.76. The number of carbonyl (C=O) groups is 2. The fourth-order valence-corrected chi connectivity index (χ4v) is 1.77. The van der Waals surface area contributed by atoms with Crippen molar-refractivity contribution in [2.45, 2.75) is 19.9 Å². The minimum absolute atomic E-state index is 0.000746. The molecule has 21 heavy (non-hydrogen) atoms. The highest BCUT2D eigenvalue weighted by Gasteiger charge is 2.28. The number of nitrogens with one attached hydrogen (secondary N) is 1. The van der Waals surface area contributed by atoms with Gasteiger partial charge in [0.15, 0.2) is 11.7 Å². The summed E-state index contributed by atoms with van der Waals surface area (Å²) in [5.41, 5.74) is 0.387. The Labute approximate surface area is 122 Å². The quantitative estimate of drug-likeness (QED) is 0.638. The minimum Gasteiger partial charge on any atom is -0.383 e. The van der Waals surface area contributed by atoms with Crippen molar-refractivity contribution in [3.8, 4) is 6.07 Å². The molecule has 0 unspecified atom stereocenters. The van der Waals surface area contributed by atoms with E-state index in [1.54, 1.807) is 19.9 Å². The monoisotopic (exact) mass is 292 g/mol. The van der Waals surface area contributed by atoms with Crippen LogP contribution in [0.3, 0.4) is 0 Å². The van der Waals surface area contributed by atoms with Gasteiger partial charge in [0.25, 0.3) is 0 Å². The highest BCUT2D eigenvalue weighted by Crippen LogP contribution is 2.14. The van der Waals surface area contributed by atoms with Crippen LogP contribution in [0.4, 0.5) is 4.39 Å². The Morgan fingerprint density at radius 1 is 1.48 bits per heavy atom. The van der Waals surface area contributed by atoms with Crippen LogP contribution >= 0.6 is 0 Å². The van der Waals surface area contributed by atoms with Crippen LogP contribution in [-0.2, 0) is 9.53 Å². The molecule has 0 radical (unpaired) electrons. The molecule has 112 valence electrons. The number of aryl methyl sites for hydroxylation is 1. The second-order valence-electron chi connectivity index (χ2n) is 4.76. The summed E-state index contributed by atoms with van der Waals surface area (Å²) in [5, 5.41) is 11.5. The van der Waals surface area contributed by atoms with Crippen LogP contribution in [0.2, 0.25) is 0 Å². The molecule has 1 N–H and O–H groups in total. The number of nitrogens with zero attached hydrogens (tertiary/aromatic N) is 1. The molecule has 0 fully saturated rings. The predicted molar refractivity (Wildman–Crippen MR) is 74.1 cm³/mol. The van der Waals surface area contributed by atoms with Crippen molar-refractivity contribution >= 4 is 11.7 Å². The third kappa shape index (κ3) is 4.36. The van der Waals surface area contributed by atoms with E-state index in [1.807, 2.05) is 0 Å². The number of Topliss-reactive ketones (excluding diaryl/α,β-unsaturated/α-hetero) is 1. The lowest BCUT2D eigenvalue weighted by atomic mass is 9.97. The average molecular weight is 292 g/mol. The minimum atomic E-state index is -1.51. The Kier molecular flexibility index (Phi) is 6.00. The first kappa shape index (κ1) is 16.8. The van der Waals surface area contributed by atoms with Gasteiger partial charge in [-0.2, -0.15) is 5.26 Å². The summed E-state index contributed by atoms with van der Waals surface area (Å²) < 4.78 is 18.3. The summed E-state index contributed by atoms with van der Waals surface area (Å²) >= 11 is 0. The Balaban J connectivity index is 2.89. The van der Waals surface area contributed by atoms with Gasteiger partial charge in [0.05, 0.1) is 12.7 Å². The second kappa shape index (κ2) is 7.50. The van der Waals surface area contributed by atoms with Gasteiger partial charge in [-0.3, -0.25) is 9.59 Å². The molecule has 0 aliphatic rings. The highest BCUT2D eigenvalue weighted by atomic mass is 19.1. The van der Waals surface area contributed by atoms with Crippen LogP contribution in [0, 0.1) is 30.0 Å². The van der Waals surface area contributed by atoms with E-state index in [0.29, 0.717) is 5.56 Å². The molecular weight excluding hydrogens is 275 g/mol. The van der Waals surface area contributed by atoms with Crippen LogP contribution in [-0.4, -0.2) is 31.4 Å². The van der Waals surface area contributed by atoms with Crippen LogP contribution in [0.1, 0.15) is 22.8 Å². The van der Waals surface area contributed by atoms with E-state index in [2.05, 4.69) is 5.32 Å². The van der Waals surface area contributed by atoms with Crippen LogP contribution in [0.5, 0.6) is 0 Å². The molecule has 5 nitrogen and oxygen atoms in total. The topological polar surface area (TPSA) is 79.2 Å². The van der Waals surface area contributed by atoms with Gasteiger partial charge in [0, 0.05) is 18.7 Å². The van der Waals surface area contributed by atoms with Gasteiger partial charge in [0.1, 0.15) is 5.82 Å². The number of benzene rings is 1. The summed E-state index contributed by atoms with van der Waals surface area (Å²) in [7, 11) is 1.48. The number of methoxy groups -OCH3 is 1. The standard InChI is InChI=1S/C15H17FN2O3/c1-9-4-5-11(6-13(9)16)14(19)12(7-17)15(20)18-10(2)8-21-3/h4-6,10,12H,8H2,1-3H3,(H,18,20)/t10-,12-/m0/s1. The molecule has 0 aliphatic heterocycles. The van der Waals surface area contributed by atoms with E-state index in [9.17, 15) is 14.0 Å². The molecule has 0 spiro atoms. The predicted octanol–water partition coefficient (Wildman–Crippen LogP) is 1.61. The maximum Gasteiger partial charge on any atom is 0.245 e. The van der Waals surface area contributed by atoms with Crippen LogP contribution in [0.15, 0.2) is 18.2 Å². The lowest BCUT2D eigenvalue weighted by Gasteiger charge is -2.15. The third-order valence-corrected chi connectivity index (χ3v) is 2.92. The van der Waals surface area contributed by atoms with Crippen molar-refractivity contribution in [3.05, 3.63) is 35.1 Å². The Morgan fingerprint density at radius 2 is 2.14 bits per heavy atom. The number of ketones is 1. The maximum absolute atomic E-state index is 13.5. The summed E-state index contributed by atoms with van der Waals surface area (Å²) in [6, 6.07) is 5.19. The van der Waals surface area contributed by atoms with Gasteiger partial charge in [-0.1, -0.05) is 12.1 Å². The molecule has 0 aromatic heterocycles. The number of hydrogen-bond donors (Lipinski definition) is 1. The Morgan fingerprint density at radius 3 is 2.67 bits per heavy atom. The molecule has 1 rings (SSSR count). The Hall–Kier alpha value is -2.26. The first-order chi connectivity index (χ1) is 9.90. The largest absolute Gasteiger partial charge is 0.383 e. The van der Waals surface area contributed by atoms with Crippen molar-refractivity contribution in [2.75, 3.05) is 13.7 Å². The summed E-state index contributed by atoms with van der Waals surface area (Å²) in [5.74, 6) is -3.50. The molecule has 6 heteroatoms. The first-order valence-electron chi connectivity index (χ1n) is 6.40. The zero-order valence-corrected chi connectivity index (χ0v) is 12.1. The lowest BCUT2D eigenvalue weighted by molar-refractivity contribution is -0.123. The van der Waals surface area contributed by atoms with Crippen LogP contribution in [0.25, 0.3) is 0 Å². The molecule has 0 saturated heterocycles. The van der Waals surface area contributed by atoms with Crippen molar-refractivity contribution in [3.63, 3.8) is 0 Å². The molecule has 1 aromatic carbocycles. The summed E-state index contributed by atoms with van der Waals surface area (Å²) in [4.78, 5) is 24.1. The van der Waals surface area contributed by atoms with Crippen molar-refractivity contribution in [1.29, 1.82) is 5.26 Å². The van der Waals surface area contributed by atoms with Gasteiger partial charge < -0.3 is 10.1 Å². The van der Waals surface area contributed by atoms with E-state index < -0.39 is 23.4 Å². The molecule has 2 atom stereocenters. The van der Waals surface area contributed by atoms with E-state index in [1.165, 1.54) is 19.2 Å². The average Bonchev–Trinajstić information content (AvgIpc) is 2.42. The Bertz CT molecular complexity index is 581. The molecule has 0 aliphatic carbocycles. The lowest BCUT2D eigenvalue weighted by Crippen LogP contribution is -2.41. The molecule has 1 amide bonds. The number of carbonyl (C=O) groups excluding carboxylic acids is 2. The normalized spacial score (nSPS) is 13.1.